The maximum atomic E-state index is 12.9. The summed E-state index contributed by atoms with van der Waals surface area (Å²) in [6.45, 7) is 1.62. The number of halogens is 3. The Labute approximate surface area is 104 Å². The quantitative estimate of drug-likeness (QED) is 0.837. The minimum absolute atomic E-state index is 0.0709. The van der Waals surface area contributed by atoms with Crippen LogP contribution in [0.4, 0.5) is 13.2 Å². The van der Waals surface area contributed by atoms with E-state index in [2.05, 4.69) is 4.90 Å². The third-order valence-electron chi connectivity index (χ3n) is 3.50. The first kappa shape index (κ1) is 13.2. The van der Waals surface area contributed by atoms with Crippen LogP contribution in [0.15, 0.2) is 18.2 Å². The highest BCUT2D eigenvalue weighted by Gasteiger charge is 2.36. The number of piperidine rings is 1. The lowest BCUT2D eigenvalue weighted by atomic mass is 9.86. The van der Waals surface area contributed by atoms with Gasteiger partial charge in [0.05, 0.1) is 5.56 Å². The Morgan fingerprint density at radius 2 is 1.83 bits per heavy atom. The molecule has 1 saturated heterocycles. The van der Waals surface area contributed by atoms with E-state index in [4.69, 9.17) is 0 Å². The van der Waals surface area contributed by atoms with Crippen LogP contribution in [0.25, 0.3) is 0 Å². The van der Waals surface area contributed by atoms with Crippen molar-refractivity contribution in [2.75, 3.05) is 20.1 Å². The summed E-state index contributed by atoms with van der Waals surface area (Å²) in [4.78, 5) is 2.12. The van der Waals surface area contributed by atoms with Crippen molar-refractivity contribution in [2.24, 2.45) is 0 Å². The van der Waals surface area contributed by atoms with Gasteiger partial charge in [0.25, 0.3) is 0 Å². The zero-order chi connectivity index (χ0) is 13.3. The molecule has 1 fully saturated rings. The Morgan fingerprint density at radius 1 is 1.22 bits per heavy atom. The van der Waals surface area contributed by atoms with E-state index in [0.717, 1.165) is 32.0 Å². The fourth-order valence-electron chi connectivity index (χ4n) is 2.47. The third-order valence-corrected chi connectivity index (χ3v) is 3.50. The van der Waals surface area contributed by atoms with Crippen LogP contribution in [0.1, 0.15) is 29.9 Å². The summed E-state index contributed by atoms with van der Waals surface area (Å²) in [7, 11) is 1.97. The van der Waals surface area contributed by atoms with Crippen molar-refractivity contribution in [3.8, 4) is 5.75 Å². The summed E-state index contributed by atoms with van der Waals surface area (Å²) in [5.74, 6) is -0.405. The van der Waals surface area contributed by atoms with E-state index >= 15 is 0 Å². The maximum Gasteiger partial charge on any atom is 0.416 e. The summed E-state index contributed by atoms with van der Waals surface area (Å²) >= 11 is 0. The summed E-state index contributed by atoms with van der Waals surface area (Å²) in [5, 5.41) is 9.23. The van der Waals surface area contributed by atoms with Gasteiger partial charge in [-0.25, -0.2) is 0 Å². The first-order valence-corrected chi connectivity index (χ1v) is 5.96. The smallest absolute Gasteiger partial charge is 0.416 e. The second kappa shape index (κ2) is 4.80. The Balaban J connectivity index is 2.32. The van der Waals surface area contributed by atoms with Crippen LogP contribution in [0.3, 0.4) is 0 Å². The highest BCUT2D eigenvalue weighted by molar-refractivity contribution is 5.39. The van der Waals surface area contributed by atoms with Gasteiger partial charge in [0.1, 0.15) is 5.75 Å². The van der Waals surface area contributed by atoms with Gasteiger partial charge in [-0.2, -0.15) is 13.2 Å². The lowest BCUT2D eigenvalue weighted by Crippen LogP contribution is -2.30. The molecular formula is C13H16F3NO. The van der Waals surface area contributed by atoms with E-state index in [9.17, 15) is 18.3 Å². The molecule has 100 valence electrons. The molecular weight excluding hydrogens is 243 g/mol. The number of phenolic OH excluding ortho intramolecular Hbond substituents is 1. The van der Waals surface area contributed by atoms with Crippen LogP contribution in [-0.2, 0) is 6.18 Å². The summed E-state index contributed by atoms with van der Waals surface area (Å²) in [6, 6.07) is 3.57. The van der Waals surface area contributed by atoms with Crippen LogP contribution < -0.4 is 0 Å². The van der Waals surface area contributed by atoms with Gasteiger partial charge in [-0.1, -0.05) is 6.07 Å². The average Bonchev–Trinajstić information content (AvgIpc) is 2.29. The van der Waals surface area contributed by atoms with Crippen molar-refractivity contribution in [1.29, 1.82) is 0 Å². The van der Waals surface area contributed by atoms with E-state index in [-0.39, 0.29) is 11.7 Å². The van der Waals surface area contributed by atoms with Gasteiger partial charge >= 0.3 is 6.18 Å². The minimum atomic E-state index is -4.41. The molecule has 1 heterocycles. The summed E-state index contributed by atoms with van der Waals surface area (Å²) < 4.78 is 38.8. The first-order valence-electron chi connectivity index (χ1n) is 5.96. The fraction of sp³-hybridized carbons (Fsp3) is 0.538. The molecule has 5 heteroatoms. The van der Waals surface area contributed by atoms with E-state index in [1.54, 1.807) is 0 Å². The molecule has 0 unspecified atom stereocenters. The number of phenols is 1. The van der Waals surface area contributed by atoms with Crippen molar-refractivity contribution >= 4 is 0 Å². The molecule has 0 aromatic heterocycles. The molecule has 0 saturated carbocycles. The third kappa shape index (κ3) is 2.77. The van der Waals surface area contributed by atoms with E-state index in [1.807, 2.05) is 7.05 Å². The van der Waals surface area contributed by atoms with Gasteiger partial charge < -0.3 is 10.0 Å². The Bertz CT molecular complexity index is 423. The normalized spacial score (nSPS) is 19.1. The van der Waals surface area contributed by atoms with Crippen LogP contribution in [0, 0.1) is 0 Å². The highest BCUT2D eigenvalue weighted by atomic mass is 19.4. The van der Waals surface area contributed by atoms with Crippen molar-refractivity contribution in [3.05, 3.63) is 29.3 Å². The highest BCUT2D eigenvalue weighted by Crippen LogP contribution is 2.40. The first-order chi connectivity index (χ1) is 8.38. The molecule has 18 heavy (non-hydrogen) atoms. The Morgan fingerprint density at radius 3 is 2.39 bits per heavy atom. The second-order valence-electron chi connectivity index (χ2n) is 4.85. The molecule has 1 aromatic carbocycles. The molecule has 1 aliphatic rings. The van der Waals surface area contributed by atoms with Crippen molar-refractivity contribution < 1.29 is 18.3 Å². The van der Waals surface area contributed by atoms with Crippen LogP contribution in [-0.4, -0.2) is 30.1 Å². The number of likely N-dealkylation sites (tertiary alicyclic amines) is 1. The number of rotatable bonds is 1. The minimum Gasteiger partial charge on any atom is -0.508 e. The van der Waals surface area contributed by atoms with E-state index in [0.29, 0.717) is 5.56 Å². The standard InChI is InChI=1S/C13H16F3NO/c1-17-6-4-9(5-7-17)11-3-2-10(18)8-12(11)13(14,15)16/h2-3,8-9,18H,4-7H2,1H3. The Hall–Kier alpha value is -1.23. The van der Waals surface area contributed by atoms with Gasteiger partial charge in [0, 0.05) is 0 Å². The molecule has 0 radical (unpaired) electrons. The largest absolute Gasteiger partial charge is 0.508 e. The average molecular weight is 259 g/mol. The molecule has 1 aliphatic heterocycles. The number of alkyl halides is 3. The molecule has 0 atom stereocenters. The summed E-state index contributed by atoms with van der Waals surface area (Å²) in [6.07, 6.45) is -2.95. The van der Waals surface area contributed by atoms with E-state index < -0.39 is 11.7 Å². The molecule has 0 aliphatic carbocycles. The van der Waals surface area contributed by atoms with Gasteiger partial charge in [-0.3, -0.25) is 0 Å². The number of hydrogen-bond donors (Lipinski definition) is 1. The van der Waals surface area contributed by atoms with Gasteiger partial charge in [0.2, 0.25) is 0 Å². The molecule has 0 spiro atoms. The van der Waals surface area contributed by atoms with Crippen molar-refractivity contribution in [3.63, 3.8) is 0 Å². The second-order valence-corrected chi connectivity index (χ2v) is 4.85. The fourth-order valence-corrected chi connectivity index (χ4v) is 2.47. The molecule has 2 rings (SSSR count). The number of nitrogens with zero attached hydrogens (tertiary/aromatic N) is 1. The van der Waals surface area contributed by atoms with Gasteiger partial charge in [0.15, 0.2) is 0 Å². The molecule has 1 aromatic rings. The number of aromatic hydroxyl groups is 1. The molecule has 1 N–H and O–H groups in total. The monoisotopic (exact) mass is 259 g/mol. The predicted molar refractivity (Wildman–Crippen MR) is 62.6 cm³/mol. The maximum absolute atomic E-state index is 12.9. The molecule has 0 amide bonds. The van der Waals surface area contributed by atoms with Crippen molar-refractivity contribution in [2.45, 2.75) is 24.9 Å². The van der Waals surface area contributed by atoms with E-state index in [1.165, 1.54) is 12.1 Å². The van der Waals surface area contributed by atoms with Crippen molar-refractivity contribution in [1.82, 2.24) is 4.90 Å². The lowest BCUT2D eigenvalue weighted by Gasteiger charge is -2.30. The van der Waals surface area contributed by atoms with Crippen LogP contribution >= 0.6 is 0 Å². The number of hydrogen-bond acceptors (Lipinski definition) is 2. The Kier molecular flexibility index (Phi) is 3.52. The predicted octanol–water partition coefficient (Wildman–Crippen LogP) is 3.22. The van der Waals surface area contributed by atoms with Crippen LogP contribution in [0.2, 0.25) is 0 Å². The topological polar surface area (TPSA) is 23.5 Å². The summed E-state index contributed by atoms with van der Waals surface area (Å²) in [5.41, 5.74) is -0.384. The van der Waals surface area contributed by atoms with Gasteiger partial charge in [-0.15, -0.1) is 0 Å². The molecule has 0 bridgehead atoms. The van der Waals surface area contributed by atoms with Gasteiger partial charge in [-0.05, 0) is 56.6 Å². The zero-order valence-corrected chi connectivity index (χ0v) is 10.2. The van der Waals surface area contributed by atoms with Crippen LogP contribution in [0.5, 0.6) is 5.75 Å². The SMILES string of the molecule is CN1CCC(c2ccc(O)cc2C(F)(F)F)CC1. The molecule has 2 nitrogen and oxygen atoms in total. The lowest BCUT2D eigenvalue weighted by molar-refractivity contribution is -0.138. The number of benzene rings is 1. The zero-order valence-electron chi connectivity index (χ0n) is 10.2.